The standard InChI is InChI=1S/C30H37N3O8S2/c1-21-18-33(22(2)20-34)30(35)17-23-16-24(31-42(36,37)26-8-6-5-7-9-26)10-15-28(23)41-29(21)19-32(3)43(38,39)27-13-11-25(40-4)12-14-27/h5-16,21-22,29,31,34H,17-20H2,1-4H3/t21-,22+,29-/m0/s1. The molecule has 1 amide bonds. The SMILES string of the molecule is COc1ccc(S(=O)(=O)N(C)C[C@@H]2Oc3ccc(NS(=O)(=O)c4ccccc4)cc3CC(=O)N([C@H](C)CO)C[C@@H]2C)cc1. The van der Waals surface area contributed by atoms with Gasteiger partial charge < -0.3 is 19.5 Å². The Hall–Kier alpha value is -3.65. The zero-order chi connectivity index (χ0) is 31.4. The normalized spacial score (nSPS) is 18.6. The minimum absolute atomic E-state index is 0.0348. The monoisotopic (exact) mass is 631 g/mol. The lowest BCUT2D eigenvalue weighted by Gasteiger charge is -2.33. The summed E-state index contributed by atoms with van der Waals surface area (Å²) >= 11 is 0. The molecule has 0 aromatic heterocycles. The van der Waals surface area contributed by atoms with Crippen LogP contribution in [0.3, 0.4) is 0 Å². The molecule has 1 aliphatic heterocycles. The molecule has 3 aromatic rings. The first-order chi connectivity index (χ1) is 20.3. The Balaban J connectivity index is 1.67. The second kappa shape index (κ2) is 13.3. The van der Waals surface area contributed by atoms with Crippen LogP contribution in [0.25, 0.3) is 0 Å². The van der Waals surface area contributed by atoms with E-state index in [1.54, 1.807) is 54.3 Å². The summed E-state index contributed by atoms with van der Waals surface area (Å²) in [6.07, 6.45) is -0.803. The van der Waals surface area contributed by atoms with E-state index in [1.807, 2.05) is 6.92 Å². The van der Waals surface area contributed by atoms with E-state index in [2.05, 4.69) is 4.72 Å². The predicted molar refractivity (Wildman–Crippen MR) is 162 cm³/mol. The summed E-state index contributed by atoms with van der Waals surface area (Å²) < 4.78 is 68.0. The third-order valence-corrected chi connectivity index (χ3v) is 10.7. The highest BCUT2D eigenvalue weighted by molar-refractivity contribution is 7.92. The quantitative estimate of drug-likeness (QED) is 0.348. The van der Waals surface area contributed by atoms with E-state index < -0.39 is 32.2 Å². The summed E-state index contributed by atoms with van der Waals surface area (Å²) in [5.74, 6) is 0.246. The molecule has 0 saturated carbocycles. The Labute approximate surface area is 253 Å². The van der Waals surface area contributed by atoms with Crippen molar-refractivity contribution in [2.24, 2.45) is 5.92 Å². The van der Waals surface area contributed by atoms with Gasteiger partial charge in [0.15, 0.2) is 0 Å². The largest absolute Gasteiger partial charge is 0.497 e. The van der Waals surface area contributed by atoms with Crippen LogP contribution in [0, 0.1) is 5.92 Å². The number of hydrogen-bond acceptors (Lipinski definition) is 8. The number of sulfonamides is 2. The highest BCUT2D eigenvalue weighted by Crippen LogP contribution is 2.31. The maximum Gasteiger partial charge on any atom is 0.261 e. The Morgan fingerprint density at radius 2 is 1.72 bits per heavy atom. The fourth-order valence-corrected chi connectivity index (χ4v) is 7.06. The first-order valence-electron chi connectivity index (χ1n) is 13.7. The molecule has 0 saturated heterocycles. The zero-order valence-corrected chi connectivity index (χ0v) is 26.1. The molecule has 232 valence electrons. The Morgan fingerprint density at radius 3 is 2.35 bits per heavy atom. The number of ether oxygens (including phenoxy) is 2. The lowest BCUT2D eigenvalue weighted by atomic mass is 10.0. The molecular formula is C30H37N3O8S2. The molecule has 0 radical (unpaired) electrons. The molecule has 43 heavy (non-hydrogen) atoms. The third-order valence-electron chi connectivity index (χ3n) is 7.43. The topological polar surface area (TPSA) is 143 Å². The summed E-state index contributed by atoms with van der Waals surface area (Å²) in [6, 6.07) is 18.1. The molecule has 11 nitrogen and oxygen atoms in total. The molecule has 3 atom stereocenters. The van der Waals surface area contributed by atoms with Gasteiger partial charge in [0, 0.05) is 30.8 Å². The van der Waals surface area contributed by atoms with Gasteiger partial charge in [-0.1, -0.05) is 25.1 Å². The van der Waals surface area contributed by atoms with Crippen molar-refractivity contribution in [3.05, 3.63) is 78.4 Å². The van der Waals surface area contributed by atoms with Gasteiger partial charge in [-0.25, -0.2) is 16.8 Å². The maximum absolute atomic E-state index is 13.5. The number of benzene rings is 3. The van der Waals surface area contributed by atoms with E-state index >= 15 is 0 Å². The minimum atomic E-state index is -3.89. The number of anilines is 1. The molecule has 1 heterocycles. The number of hydrogen-bond donors (Lipinski definition) is 2. The van der Waals surface area contributed by atoms with Crippen LogP contribution in [0.1, 0.15) is 19.4 Å². The number of methoxy groups -OCH3 is 1. The van der Waals surface area contributed by atoms with Crippen LogP contribution in [0.5, 0.6) is 11.5 Å². The maximum atomic E-state index is 13.5. The molecule has 0 unspecified atom stereocenters. The van der Waals surface area contributed by atoms with Crippen LogP contribution in [-0.2, 0) is 31.3 Å². The van der Waals surface area contributed by atoms with E-state index in [9.17, 15) is 26.7 Å². The fraction of sp³-hybridized carbons (Fsp3) is 0.367. The number of nitrogens with one attached hydrogen (secondary N) is 1. The second-order valence-corrected chi connectivity index (χ2v) is 14.3. The van der Waals surface area contributed by atoms with Crippen LogP contribution >= 0.6 is 0 Å². The molecule has 0 spiro atoms. The average Bonchev–Trinajstić information content (AvgIpc) is 3.04. The van der Waals surface area contributed by atoms with Crippen molar-refractivity contribution < 1.29 is 36.2 Å². The number of fused-ring (bicyclic) bond motifs is 1. The second-order valence-electron chi connectivity index (χ2n) is 10.6. The molecule has 0 aliphatic carbocycles. The van der Waals surface area contributed by atoms with Gasteiger partial charge >= 0.3 is 0 Å². The molecule has 0 bridgehead atoms. The third kappa shape index (κ3) is 7.47. The van der Waals surface area contributed by atoms with Crippen molar-refractivity contribution in [2.45, 2.75) is 42.2 Å². The summed E-state index contributed by atoms with van der Waals surface area (Å²) in [4.78, 5) is 15.2. The first kappa shape index (κ1) is 32.3. The number of nitrogens with zero attached hydrogens (tertiary/aromatic N) is 2. The van der Waals surface area contributed by atoms with Gasteiger partial charge in [-0.3, -0.25) is 9.52 Å². The van der Waals surface area contributed by atoms with Crippen LogP contribution in [0.4, 0.5) is 5.69 Å². The van der Waals surface area contributed by atoms with Crippen LogP contribution < -0.4 is 14.2 Å². The Kier molecular flexibility index (Phi) is 10.0. The van der Waals surface area contributed by atoms with Crippen LogP contribution in [-0.4, -0.2) is 83.1 Å². The van der Waals surface area contributed by atoms with Crippen molar-refractivity contribution in [1.82, 2.24) is 9.21 Å². The van der Waals surface area contributed by atoms with Crippen molar-refractivity contribution in [3.63, 3.8) is 0 Å². The van der Waals surface area contributed by atoms with Crippen molar-refractivity contribution in [3.8, 4) is 11.5 Å². The van der Waals surface area contributed by atoms with E-state index in [0.717, 1.165) is 0 Å². The van der Waals surface area contributed by atoms with E-state index in [-0.39, 0.29) is 53.4 Å². The van der Waals surface area contributed by atoms with E-state index in [4.69, 9.17) is 9.47 Å². The van der Waals surface area contributed by atoms with Gasteiger partial charge in [-0.15, -0.1) is 0 Å². The highest BCUT2D eigenvalue weighted by atomic mass is 32.2. The average molecular weight is 632 g/mol. The molecule has 3 aromatic carbocycles. The van der Waals surface area contributed by atoms with Crippen molar-refractivity contribution in [1.29, 1.82) is 0 Å². The number of aliphatic hydroxyl groups excluding tert-OH is 1. The smallest absolute Gasteiger partial charge is 0.261 e. The Morgan fingerprint density at radius 1 is 1.05 bits per heavy atom. The molecule has 0 fully saturated rings. The molecule has 1 aliphatic rings. The van der Waals surface area contributed by atoms with Crippen molar-refractivity contribution >= 4 is 31.6 Å². The Bertz CT molecular complexity index is 1630. The molecular weight excluding hydrogens is 594 g/mol. The number of carbonyl (C=O) groups excluding carboxylic acids is 1. The predicted octanol–water partition coefficient (Wildman–Crippen LogP) is 2.97. The summed E-state index contributed by atoms with van der Waals surface area (Å²) in [7, 11) is -4.82. The lowest BCUT2D eigenvalue weighted by Crippen LogP contribution is -2.48. The van der Waals surface area contributed by atoms with E-state index in [0.29, 0.717) is 17.1 Å². The van der Waals surface area contributed by atoms with Gasteiger partial charge in [0.25, 0.3) is 10.0 Å². The van der Waals surface area contributed by atoms with Gasteiger partial charge in [0.2, 0.25) is 15.9 Å². The molecule has 4 rings (SSSR count). The van der Waals surface area contributed by atoms with Gasteiger partial charge in [0.1, 0.15) is 17.6 Å². The number of likely N-dealkylation sites (N-methyl/N-ethyl adjacent to an activating group) is 1. The van der Waals surface area contributed by atoms with Gasteiger partial charge in [-0.05, 0) is 61.5 Å². The number of rotatable bonds is 10. The van der Waals surface area contributed by atoms with E-state index in [1.165, 1.54) is 48.8 Å². The number of aliphatic hydroxyl groups is 1. The van der Waals surface area contributed by atoms with Crippen LogP contribution in [0.2, 0.25) is 0 Å². The summed E-state index contributed by atoms with van der Waals surface area (Å²) in [5, 5.41) is 9.88. The first-order valence-corrected chi connectivity index (χ1v) is 16.7. The zero-order valence-electron chi connectivity index (χ0n) is 24.5. The van der Waals surface area contributed by atoms with Gasteiger partial charge in [-0.2, -0.15) is 4.31 Å². The molecule has 2 N–H and O–H groups in total. The number of amides is 1. The molecule has 13 heteroatoms. The van der Waals surface area contributed by atoms with Crippen molar-refractivity contribution in [2.75, 3.05) is 38.6 Å². The summed E-state index contributed by atoms with van der Waals surface area (Å²) in [5.41, 5.74) is 0.664. The summed E-state index contributed by atoms with van der Waals surface area (Å²) in [6.45, 7) is 3.50. The lowest BCUT2D eigenvalue weighted by molar-refractivity contribution is -0.134. The minimum Gasteiger partial charge on any atom is -0.497 e. The fourth-order valence-electron chi connectivity index (χ4n) is 4.80. The highest BCUT2D eigenvalue weighted by Gasteiger charge is 2.33. The number of carbonyl (C=O) groups is 1. The van der Waals surface area contributed by atoms with Gasteiger partial charge in [0.05, 0.1) is 42.5 Å². The van der Waals surface area contributed by atoms with Crippen LogP contribution in [0.15, 0.2) is 82.6 Å².